The van der Waals surface area contributed by atoms with E-state index in [1.807, 2.05) is 0 Å². The number of carbonyl (C=O) groups is 6. The molecule has 0 saturated carbocycles. The van der Waals surface area contributed by atoms with Gasteiger partial charge in [0.15, 0.2) is 5.78 Å². The van der Waals surface area contributed by atoms with Crippen LogP contribution in [0.2, 0.25) is 0 Å². The van der Waals surface area contributed by atoms with Crippen LogP contribution >= 0.6 is 0 Å². The number of Topliss-reactive ketones (excluding diaryl/α,β-unsaturated/α-hetero) is 1. The molecule has 261 valence electrons. The van der Waals surface area contributed by atoms with Crippen LogP contribution in [0.15, 0.2) is 121 Å². The molecule has 0 fully saturated rings. The van der Waals surface area contributed by atoms with E-state index in [0.29, 0.717) is 16.7 Å². The topological polar surface area (TPSA) is 204 Å². The van der Waals surface area contributed by atoms with Gasteiger partial charge in [-0.2, -0.15) is 60.7 Å². The first-order valence-electron chi connectivity index (χ1n) is 13.7. The van der Waals surface area contributed by atoms with Crippen molar-refractivity contribution in [1.82, 2.24) is 0 Å². The zero-order chi connectivity index (χ0) is 36.5. The molecule has 0 unspecified atom stereocenters. The number of carbonyl (C=O) groups excluding carboxylic acids is 1. The van der Waals surface area contributed by atoms with E-state index in [-0.39, 0.29) is 51.5 Å². The van der Waals surface area contributed by atoms with Crippen molar-refractivity contribution in [2.75, 3.05) is 0 Å². The van der Waals surface area contributed by atoms with E-state index in [9.17, 15) is 19.2 Å². The average molecular weight is 760 g/mol. The molecule has 1 radical (unpaired) electrons. The Morgan fingerprint density at radius 3 is 0.840 bits per heavy atom. The van der Waals surface area contributed by atoms with Gasteiger partial charge in [0.2, 0.25) is 0 Å². The minimum atomic E-state index is -0.981. The minimum absolute atomic E-state index is 0. The molecule has 50 heavy (non-hydrogen) atoms. The number of carboxylic acid groups (broad SMARTS) is 5. The summed E-state index contributed by atoms with van der Waals surface area (Å²) in [4.78, 5) is 59.6. The fourth-order valence-electron chi connectivity index (χ4n) is 3.04. The second-order valence-electron chi connectivity index (χ2n) is 9.01. The van der Waals surface area contributed by atoms with Gasteiger partial charge in [-0.15, -0.1) is 0 Å². The predicted molar refractivity (Wildman–Crippen MR) is 185 cm³/mol. The number of carboxylic acids is 5. The van der Waals surface area contributed by atoms with Gasteiger partial charge in [-0.1, -0.05) is 68.1 Å². The van der Waals surface area contributed by atoms with Crippen LogP contribution in [0, 0.1) is 12.1 Å². The van der Waals surface area contributed by atoms with E-state index < -0.39 is 29.8 Å². The molecule has 0 aliphatic heterocycles. The first-order valence-corrected chi connectivity index (χ1v) is 13.7. The van der Waals surface area contributed by atoms with E-state index in [1.54, 1.807) is 24.3 Å². The van der Waals surface area contributed by atoms with Crippen molar-refractivity contribution in [2.24, 2.45) is 0 Å². The SMILES string of the molecule is C.CC(=O)O.CC(=O)O.CC(=O)c1ccc(C(=O)O)cc1.O=C(O)c1cc[c-]cc1.O=C(O)c1cc[c-]cc1.[Y].c1ccc2ccccc2c1. The number of hydrogen-bond acceptors (Lipinski definition) is 6. The molecule has 0 atom stereocenters. The average Bonchev–Trinajstić information content (AvgIpc) is 3.06. The number of rotatable bonds is 4. The van der Waals surface area contributed by atoms with E-state index in [0.717, 1.165) is 13.8 Å². The van der Waals surface area contributed by atoms with Crippen LogP contribution in [0.3, 0.4) is 0 Å². The van der Waals surface area contributed by atoms with Crippen LogP contribution in [0.4, 0.5) is 0 Å². The Morgan fingerprint density at radius 1 is 0.420 bits per heavy atom. The van der Waals surface area contributed by atoms with Crippen LogP contribution in [0.5, 0.6) is 0 Å². The summed E-state index contributed by atoms with van der Waals surface area (Å²) in [5.74, 6) is -4.51. The first kappa shape index (κ1) is 48.9. The molecule has 0 aliphatic rings. The Bertz CT molecular complexity index is 1570. The fourth-order valence-corrected chi connectivity index (χ4v) is 3.04. The van der Waals surface area contributed by atoms with Crippen LogP contribution in [0.1, 0.15) is 69.6 Å². The second kappa shape index (κ2) is 28.5. The van der Waals surface area contributed by atoms with E-state index in [2.05, 4.69) is 60.7 Å². The third kappa shape index (κ3) is 24.6. The Labute approximate surface area is 315 Å². The zero-order valence-electron chi connectivity index (χ0n) is 26.8. The van der Waals surface area contributed by atoms with Gasteiger partial charge in [0.1, 0.15) is 0 Å². The van der Waals surface area contributed by atoms with E-state index in [1.165, 1.54) is 66.2 Å². The molecular weight excluding hydrogens is 721 g/mol. The van der Waals surface area contributed by atoms with Crippen molar-refractivity contribution in [2.45, 2.75) is 28.2 Å². The van der Waals surface area contributed by atoms with Gasteiger partial charge in [-0.25, -0.2) is 14.4 Å². The smallest absolute Gasteiger partial charge is 0.335 e. The van der Waals surface area contributed by atoms with Gasteiger partial charge in [-0.3, -0.25) is 14.4 Å². The van der Waals surface area contributed by atoms with Crippen molar-refractivity contribution in [3.8, 4) is 0 Å². The second-order valence-corrected chi connectivity index (χ2v) is 9.01. The Morgan fingerprint density at radius 2 is 0.640 bits per heavy atom. The van der Waals surface area contributed by atoms with Crippen LogP contribution in [0.25, 0.3) is 10.8 Å². The summed E-state index contributed by atoms with van der Waals surface area (Å²) in [5, 5.41) is 42.7. The Kier molecular flexibility index (Phi) is 27.9. The molecule has 0 amide bonds. The molecule has 5 aromatic rings. The summed E-state index contributed by atoms with van der Waals surface area (Å²) < 4.78 is 0. The normalized spacial score (nSPS) is 8.46. The van der Waals surface area contributed by atoms with Crippen molar-refractivity contribution in [3.63, 3.8) is 0 Å². The van der Waals surface area contributed by atoms with Crippen LogP contribution in [-0.2, 0) is 42.3 Å². The molecule has 5 aromatic carbocycles. The van der Waals surface area contributed by atoms with E-state index >= 15 is 0 Å². The molecule has 0 heterocycles. The molecule has 0 aliphatic carbocycles. The molecule has 5 N–H and O–H groups in total. The fraction of sp³-hybridized carbons (Fsp3) is 0.105. The van der Waals surface area contributed by atoms with Crippen molar-refractivity contribution >= 4 is 46.4 Å². The number of aromatic carboxylic acids is 3. The van der Waals surface area contributed by atoms with Gasteiger partial charge in [0.05, 0.1) is 5.56 Å². The molecule has 11 nitrogen and oxygen atoms in total. The predicted octanol–water partition coefficient (Wildman–Crippen LogP) is 7.61. The van der Waals surface area contributed by atoms with Gasteiger partial charge >= 0.3 is 17.9 Å². The zero-order valence-corrected chi connectivity index (χ0v) is 29.6. The maximum atomic E-state index is 10.8. The number of aliphatic carboxylic acids is 2. The third-order valence-corrected chi connectivity index (χ3v) is 5.13. The number of hydrogen-bond donors (Lipinski definition) is 5. The van der Waals surface area contributed by atoms with Crippen molar-refractivity contribution in [1.29, 1.82) is 0 Å². The molecular formula is C38H38O11Y-2. The molecule has 0 spiro atoms. The molecule has 0 bridgehead atoms. The van der Waals surface area contributed by atoms with Crippen molar-refractivity contribution in [3.05, 3.63) is 156 Å². The van der Waals surface area contributed by atoms with Gasteiger partial charge in [-0.05, 0) is 41.0 Å². The largest absolute Gasteiger partial charge is 0.481 e. The molecule has 0 saturated heterocycles. The number of benzene rings is 5. The molecule has 12 heteroatoms. The van der Waals surface area contributed by atoms with Crippen molar-refractivity contribution < 1.29 is 87.0 Å². The molecule has 5 rings (SSSR count). The molecule has 0 aromatic heterocycles. The minimum Gasteiger partial charge on any atom is -0.481 e. The summed E-state index contributed by atoms with van der Waals surface area (Å²) in [5.41, 5.74) is 1.32. The monoisotopic (exact) mass is 759 g/mol. The van der Waals surface area contributed by atoms with Gasteiger partial charge in [0.25, 0.3) is 11.9 Å². The summed E-state index contributed by atoms with van der Waals surface area (Å²) in [7, 11) is 0. The van der Waals surface area contributed by atoms with Crippen LogP contribution in [-0.4, -0.2) is 61.2 Å². The van der Waals surface area contributed by atoms with Gasteiger partial charge in [0, 0.05) is 52.1 Å². The number of ketones is 1. The standard InChI is InChI=1S/C10H8.C9H8O3.2C7H5O2.2C2H4O2.CH4.Y/c1-2-6-10-8-4-3-7-9(10)5-1;1-6(10)7-2-4-8(5-3-7)9(11)12;2*8-7(9)6-4-2-1-3-5-6;2*1-2(3)4;;/h1-8H;2-5H,1H3,(H,11,12);2*2-5H,(H,8,9);2*1H3,(H,3,4);1H4;/q;;2*-1;;;;. The Hall–Kier alpha value is -5.52. The van der Waals surface area contributed by atoms with Crippen LogP contribution < -0.4 is 0 Å². The third-order valence-electron chi connectivity index (χ3n) is 5.13. The van der Waals surface area contributed by atoms with Gasteiger partial charge < -0.3 is 25.5 Å². The first-order chi connectivity index (χ1) is 22.6. The van der Waals surface area contributed by atoms with E-state index in [4.69, 9.17) is 35.1 Å². The summed E-state index contributed by atoms with van der Waals surface area (Å²) in [6.45, 7) is 3.61. The quantitative estimate of drug-likeness (QED) is 0.0891. The summed E-state index contributed by atoms with van der Waals surface area (Å²) >= 11 is 0. The summed E-state index contributed by atoms with van der Waals surface area (Å²) in [6, 6.07) is 40.3. The Balaban J connectivity index is -0.000000545. The summed E-state index contributed by atoms with van der Waals surface area (Å²) in [6.07, 6.45) is 0. The maximum Gasteiger partial charge on any atom is 0.335 e. The number of fused-ring (bicyclic) bond motifs is 1. The maximum absolute atomic E-state index is 10.8.